The second-order valence-electron chi connectivity index (χ2n) is 5.94. The molecule has 0 aliphatic heterocycles. The molecule has 0 spiro atoms. The van der Waals surface area contributed by atoms with Crippen LogP contribution in [0.25, 0.3) is 0 Å². The molecule has 0 aromatic carbocycles. The van der Waals surface area contributed by atoms with Crippen molar-refractivity contribution in [1.82, 2.24) is 9.96 Å². The molecule has 180 valence electrons. The standard InChI is InChI=1S/C12H13F13N2O3/c1-26(2)4-3-5-27(29)6(28)7(13,14)8(15,16)11(22,23)30-12(24,25)9(17,18)10(19,20)21/h29H,3-5H2,1-2H3. The molecule has 0 rings (SSSR count). The Bertz CT molecular complexity index is 607. The maximum atomic E-state index is 13.5. The lowest BCUT2D eigenvalue weighted by Crippen LogP contribution is -2.65. The molecular weight excluding hydrogens is 467 g/mol. The van der Waals surface area contributed by atoms with Crippen molar-refractivity contribution in [3.8, 4) is 0 Å². The topological polar surface area (TPSA) is 53.0 Å². The van der Waals surface area contributed by atoms with Gasteiger partial charge in [0.15, 0.2) is 0 Å². The van der Waals surface area contributed by atoms with Gasteiger partial charge in [-0.2, -0.15) is 57.1 Å². The van der Waals surface area contributed by atoms with Crippen molar-refractivity contribution >= 4 is 5.91 Å². The normalized spacial score (nSPS) is 15.0. The highest BCUT2D eigenvalue weighted by atomic mass is 19.4. The summed E-state index contributed by atoms with van der Waals surface area (Å²) in [5.41, 5.74) is 0. The summed E-state index contributed by atoms with van der Waals surface area (Å²) in [4.78, 5) is 12.5. The Balaban J connectivity index is 5.77. The van der Waals surface area contributed by atoms with Crippen LogP contribution in [0.3, 0.4) is 0 Å². The number of hydrogen-bond donors (Lipinski definition) is 1. The van der Waals surface area contributed by atoms with E-state index in [0.717, 1.165) is 0 Å². The number of halogens is 13. The first-order chi connectivity index (χ1) is 13.0. The van der Waals surface area contributed by atoms with Crippen LogP contribution in [-0.4, -0.2) is 84.4 Å². The van der Waals surface area contributed by atoms with Gasteiger partial charge in [0.05, 0.1) is 0 Å². The summed E-state index contributed by atoms with van der Waals surface area (Å²) in [5.74, 6) is -25.2. The van der Waals surface area contributed by atoms with Gasteiger partial charge < -0.3 is 4.90 Å². The first kappa shape index (κ1) is 28.4. The summed E-state index contributed by atoms with van der Waals surface area (Å²) in [5, 5.41) is 7.83. The van der Waals surface area contributed by atoms with Crippen molar-refractivity contribution in [2.45, 2.75) is 42.6 Å². The zero-order valence-corrected chi connectivity index (χ0v) is 14.7. The maximum Gasteiger partial charge on any atom is 0.462 e. The number of hydrogen-bond acceptors (Lipinski definition) is 4. The van der Waals surface area contributed by atoms with E-state index in [1.165, 1.54) is 23.7 Å². The molecule has 0 aliphatic rings. The number of carbonyl (C=O) groups excluding carboxylic acids is 1. The third-order valence-electron chi connectivity index (χ3n) is 3.22. The van der Waals surface area contributed by atoms with Crippen LogP contribution in [0.15, 0.2) is 0 Å². The van der Waals surface area contributed by atoms with E-state index >= 15 is 0 Å². The number of amides is 1. The van der Waals surface area contributed by atoms with Gasteiger partial charge in [0.1, 0.15) is 0 Å². The smallest absolute Gasteiger partial charge is 0.309 e. The Morgan fingerprint density at radius 1 is 0.767 bits per heavy atom. The van der Waals surface area contributed by atoms with E-state index in [1.54, 1.807) is 0 Å². The molecule has 0 radical (unpaired) electrons. The Morgan fingerprint density at radius 2 is 1.17 bits per heavy atom. The maximum absolute atomic E-state index is 13.5. The fourth-order valence-electron chi connectivity index (χ4n) is 1.57. The van der Waals surface area contributed by atoms with Crippen molar-refractivity contribution < 1.29 is 71.8 Å². The molecule has 0 aliphatic carbocycles. The van der Waals surface area contributed by atoms with Crippen LogP contribution in [0.2, 0.25) is 0 Å². The number of carbonyl (C=O) groups is 1. The molecule has 0 saturated carbocycles. The van der Waals surface area contributed by atoms with E-state index in [-0.39, 0.29) is 13.0 Å². The third kappa shape index (κ3) is 5.37. The number of rotatable bonds is 10. The average Bonchev–Trinajstić information content (AvgIpc) is 2.50. The minimum absolute atomic E-state index is 0.0513. The Hall–Kier alpha value is -1.56. The predicted molar refractivity (Wildman–Crippen MR) is 68.5 cm³/mol. The highest BCUT2D eigenvalue weighted by Crippen LogP contribution is 2.54. The van der Waals surface area contributed by atoms with Gasteiger partial charge in [-0.1, -0.05) is 0 Å². The first-order valence-corrected chi connectivity index (χ1v) is 7.27. The number of ether oxygens (including phenoxy) is 1. The predicted octanol–water partition coefficient (Wildman–Crippen LogP) is 3.83. The van der Waals surface area contributed by atoms with Crippen molar-refractivity contribution in [3.63, 3.8) is 0 Å². The molecule has 1 amide bonds. The van der Waals surface area contributed by atoms with Gasteiger partial charge in [-0.15, -0.1) is 0 Å². The summed E-state index contributed by atoms with van der Waals surface area (Å²) < 4.78 is 168. The van der Waals surface area contributed by atoms with Gasteiger partial charge >= 0.3 is 42.1 Å². The molecular formula is C12H13F13N2O3. The van der Waals surface area contributed by atoms with Crippen LogP contribution in [0.4, 0.5) is 57.1 Å². The molecule has 1 N–H and O–H groups in total. The van der Waals surface area contributed by atoms with Crippen LogP contribution in [0.5, 0.6) is 0 Å². The van der Waals surface area contributed by atoms with Crippen LogP contribution >= 0.6 is 0 Å². The summed E-state index contributed by atoms with van der Waals surface area (Å²) in [7, 11) is 2.81. The lowest BCUT2D eigenvalue weighted by molar-refractivity contribution is -0.506. The second-order valence-corrected chi connectivity index (χ2v) is 5.94. The fourth-order valence-corrected chi connectivity index (χ4v) is 1.57. The molecule has 0 aromatic rings. The number of alkyl halides is 13. The van der Waals surface area contributed by atoms with Gasteiger partial charge in [0.25, 0.3) is 0 Å². The lowest BCUT2D eigenvalue weighted by Gasteiger charge is -2.36. The number of nitrogens with zero attached hydrogens (tertiary/aromatic N) is 2. The third-order valence-corrected chi connectivity index (χ3v) is 3.22. The van der Waals surface area contributed by atoms with E-state index in [1.807, 2.05) is 0 Å². The van der Waals surface area contributed by atoms with Crippen LogP contribution in [0, 0.1) is 0 Å². The Labute approximate surface area is 158 Å². The highest BCUT2D eigenvalue weighted by molar-refractivity contribution is 5.83. The molecule has 0 aromatic heterocycles. The average molecular weight is 480 g/mol. The van der Waals surface area contributed by atoms with Gasteiger partial charge in [-0.3, -0.25) is 10.0 Å². The van der Waals surface area contributed by atoms with Crippen molar-refractivity contribution in [3.05, 3.63) is 0 Å². The van der Waals surface area contributed by atoms with E-state index in [4.69, 9.17) is 5.21 Å². The van der Waals surface area contributed by atoms with Crippen LogP contribution < -0.4 is 0 Å². The highest BCUT2D eigenvalue weighted by Gasteiger charge is 2.83. The summed E-state index contributed by atoms with van der Waals surface area (Å²) in [6.45, 7) is -1.21. The van der Waals surface area contributed by atoms with Crippen molar-refractivity contribution in [1.29, 1.82) is 0 Å². The Morgan fingerprint density at radius 3 is 1.53 bits per heavy atom. The monoisotopic (exact) mass is 480 g/mol. The SMILES string of the molecule is CN(C)CCCN(O)C(=O)C(F)(F)C(F)(F)C(F)(F)OC(F)(F)C(F)(F)C(F)(F)F. The molecule has 0 saturated heterocycles. The van der Waals surface area contributed by atoms with Crippen LogP contribution in [-0.2, 0) is 9.53 Å². The van der Waals surface area contributed by atoms with E-state index in [2.05, 4.69) is 0 Å². The lowest BCUT2D eigenvalue weighted by atomic mass is 10.1. The summed E-state index contributed by atoms with van der Waals surface area (Å²) in [6.07, 6.45) is -22.6. The zero-order chi connectivity index (χ0) is 24.6. The summed E-state index contributed by atoms with van der Waals surface area (Å²) in [6, 6.07) is 0. The summed E-state index contributed by atoms with van der Waals surface area (Å²) >= 11 is 0. The fraction of sp³-hybridized carbons (Fsp3) is 0.917. The second kappa shape index (κ2) is 8.52. The van der Waals surface area contributed by atoms with E-state index in [0.29, 0.717) is 0 Å². The largest absolute Gasteiger partial charge is 0.462 e. The first-order valence-electron chi connectivity index (χ1n) is 7.27. The molecule has 5 nitrogen and oxygen atoms in total. The molecule has 0 atom stereocenters. The van der Waals surface area contributed by atoms with E-state index < -0.39 is 53.7 Å². The van der Waals surface area contributed by atoms with Crippen LogP contribution in [0.1, 0.15) is 6.42 Å². The van der Waals surface area contributed by atoms with Gasteiger partial charge in [0, 0.05) is 6.54 Å². The minimum Gasteiger partial charge on any atom is -0.309 e. The van der Waals surface area contributed by atoms with Crippen molar-refractivity contribution in [2.75, 3.05) is 27.2 Å². The molecule has 0 bridgehead atoms. The molecule has 0 heterocycles. The van der Waals surface area contributed by atoms with Gasteiger partial charge in [0.2, 0.25) is 0 Å². The Kier molecular flexibility index (Phi) is 8.08. The molecule has 0 fully saturated rings. The zero-order valence-electron chi connectivity index (χ0n) is 14.7. The quantitative estimate of drug-likeness (QED) is 0.294. The minimum atomic E-state index is -7.51. The molecule has 18 heteroatoms. The van der Waals surface area contributed by atoms with Crippen molar-refractivity contribution in [2.24, 2.45) is 0 Å². The number of hydroxylamine groups is 2. The molecule has 0 unspecified atom stereocenters. The van der Waals surface area contributed by atoms with E-state index in [9.17, 15) is 61.9 Å². The molecule has 30 heavy (non-hydrogen) atoms. The van der Waals surface area contributed by atoms with Gasteiger partial charge in [-0.25, -0.2) is 9.80 Å². The van der Waals surface area contributed by atoms with Gasteiger partial charge in [-0.05, 0) is 27.1 Å².